The van der Waals surface area contributed by atoms with Gasteiger partial charge in [-0.2, -0.15) is 0 Å². The van der Waals surface area contributed by atoms with Crippen LogP contribution in [0.5, 0.6) is 0 Å². The summed E-state index contributed by atoms with van der Waals surface area (Å²) in [5.41, 5.74) is 1.61. The molecule has 0 aliphatic carbocycles. The molecule has 0 aromatic heterocycles. The Labute approximate surface area is 168 Å². The highest BCUT2D eigenvalue weighted by Crippen LogP contribution is 2.12. The molecule has 0 saturated heterocycles. The molecule has 0 spiro atoms. The number of carbonyl (C=O) groups excluding carboxylic acids is 3. The van der Waals surface area contributed by atoms with E-state index in [1.807, 2.05) is 6.92 Å². The van der Waals surface area contributed by atoms with Gasteiger partial charge < -0.3 is 20.7 Å². The van der Waals surface area contributed by atoms with Crippen molar-refractivity contribution in [3.63, 3.8) is 0 Å². The monoisotopic (exact) mass is 401 g/mol. The van der Waals surface area contributed by atoms with Crippen LogP contribution in [0, 0.1) is 5.82 Å². The van der Waals surface area contributed by atoms with Gasteiger partial charge in [-0.1, -0.05) is 25.5 Å². The zero-order chi connectivity index (χ0) is 21.2. The molecule has 0 radical (unpaired) electrons. The smallest absolute Gasteiger partial charge is 0.337 e. The summed E-state index contributed by atoms with van der Waals surface area (Å²) in [6.07, 6.45) is 1.15. The van der Waals surface area contributed by atoms with E-state index in [0.717, 1.165) is 5.56 Å². The predicted octanol–water partition coefficient (Wildman–Crippen LogP) is 3.22. The molecule has 2 aromatic carbocycles. The highest BCUT2D eigenvalue weighted by Gasteiger charge is 2.20. The zero-order valence-corrected chi connectivity index (χ0v) is 16.3. The van der Waals surface area contributed by atoms with Gasteiger partial charge in [0.2, 0.25) is 5.91 Å². The minimum absolute atomic E-state index is 0.210. The molecular weight excluding hydrogens is 377 g/mol. The highest BCUT2D eigenvalue weighted by molar-refractivity contribution is 5.97. The van der Waals surface area contributed by atoms with E-state index in [1.165, 1.54) is 19.2 Å². The van der Waals surface area contributed by atoms with Crippen molar-refractivity contribution < 1.29 is 23.5 Å². The first-order valence-electron chi connectivity index (χ1n) is 9.21. The van der Waals surface area contributed by atoms with Crippen LogP contribution in [0.3, 0.4) is 0 Å². The van der Waals surface area contributed by atoms with Crippen LogP contribution >= 0.6 is 0 Å². The Hall–Kier alpha value is -3.42. The van der Waals surface area contributed by atoms with Crippen molar-refractivity contribution in [1.29, 1.82) is 0 Å². The average Bonchev–Trinajstić information content (AvgIpc) is 2.73. The number of amides is 3. The second kappa shape index (κ2) is 10.8. The van der Waals surface area contributed by atoms with Crippen LogP contribution in [0.1, 0.15) is 35.7 Å². The number of carbonyl (C=O) groups is 3. The van der Waals surface area contributed by atoms with Crippen molar-refractivity contribution in [3.8, 4) is 0 Å². The fraction of sp³-hybridized carbons (Fsp3) is 0.286. The maximum atomic E-state index is 12.9. The van der Waals surface area contributed by atoms with Gasteiger partial charge in [0.15, 0.2) is 0 Å². The Balaban J connectivity index is 1.91. The topological polar surface area (TPSA) is 96.5 Å². The molecule has 0 heterocycles. The molecule has 0 aliphatic rings. The van der Waals surface area contributed by atoms with E-state index in [2.05, 4.69) is 20.7 Å². The number of rotatable bonds is 8. The number of ether oxygens (including phenoxy) is 1. The molecule has 0 saturated carbocycles. The van der Waals surface area contributed by atoms with E-state index in [0.29, 0.717) is 24.1 Å². The lowest BCUT2D eigenvalue weighted by Crippen LogP contribution is -2.47. The number of urea groups is 1. The molecule has 3 amide bonds. The second-order valence-electron chi connectivity index (χ2n) is 6.35. The molecule has 8 heteroatoms. The highest BCUT2D eigenvalue weighted by atomic mass is 19.1. The molecule has 7 nitrogen and oxygen atoms in total. The maximum absolute atomic E-state index is 12.9. The summed E-state index contributed by atoms with van der Waals surface area (Å²) in [5.74, 6) is -1.18. The number of methoxy groups -OCH3 is 1. The molecule has 1 unspecified atom stereocenters. The Kier molecular flexibility index (Phi) is 8.14. The van der Waals surface area contributed by atoms with Crippen LogP contribution in [-0.4, -0.2) is 31.1 Å². The van der Waals surface area contributed by atoms with E-state index in [9.17, 15) is 18.8 Å². The predicted molar refractivity (Wildman–Crippen MR) is 107 cm³/mol. The van der Waals surface area contributed by atoms with Crippen LogP contribution in [0.25, 0.3) is 0 Å². The summed E-state index contributed by atoms with van der Waals surface area (Å²) < 4.78 is 17.6. The van der Waals surface area contributed by atoms with E-state index >= 15 is 0 Å². The quantitative estimate of drug-likeness (QED) is 0.592. The number of anilines is 1. The molecule has 0 aliphatic heterocycles. The van der Waals surface area contributed by atoms with Crippen LogP contribution in [0.15, 0.2) is 48.5 Å². The van der Waals surface area contributed by atoms with Gasteiger partial charge in [-0.05, 0) is 48.4 Å². The third-order valence-electron chi connectivity index (χ3n) is 4.14. The third kappa shape index (κ3) is 6.91. The largest absolute Gasteiger partial charge is 0.465 e. The van der Waals surface area contributed by atoms with Crippen LogP contribution < -0.4 is 16.0 Å². The van der Waals surface area contributed by atoms with Crippen molar-refractivity contribution in [2.45, 2.75) is 32.4 Å². The van der Waals surface area contributed by atoms with E-state index in [1.54, 1.807) is 36.4 Å². The van der Waals surface area contributed by atoms with Gasteiger partial charge in [0.25, 0.3) is 0 Å². The van der Waals surface area contributed by atoms with Crippen molar-refractivity contribution >= 4 is 23.6 Å². The van der Waals surface area contributed by atoms with Gasteiger partial charge in [0, 0.05) is 12.2 Å². The first-order chi connectivity index (χ1) is 13.9. The molecule has 154 valence electrons. The summed E-state index contributed by atoms with van der Waals surface area (Å²) in [7, 11) is 1.29. The van der Waals surface area contributed by atoms with Crippen molar-refractivity contribution in [2.24, 2.45) is 0 Å². The number of nitrogens with one attached hydrogen (secondary N) is 3. The van der Waals surface area contributed by atoms with Gasteiger partial charge in [0.05, 0.1) is 12.7 Å². The number of hydrogen-bond acceptors (Lipinski definition) is 4. The summed E-state index contributed by atoms with van der Waals surface area (Å²) in [5, 5.41) is 8.02. The van der Waals surface area contributed by atoms with Crippen molar-refractivity contribution in [3.05, 3.63) is 65.5 Å². The lowest BCUT2D eigenvalue weighted by Gasteiger charge is -2.18. The number of halogens is 1. The van der Waals surface area contributed by atoms with E-state index in [4.69, 9.17) is 0 Å². The minimum Gasteiger partial charge on any atom is -0.465 e. The number of esters is 1. The molecule has 0 bridgehead atoms. The first-order valence-corrected chi connectivity index (χ1v) is 9.21. The molecule has 2 aromatic rings. The fourth-order valence-corrected chi connectivity index (χ4v) is 2.59. The number of benzene rings is 2. The first kappa shape index (κ1) is 21.9. The SMILES string of the molecule is CCCC(NC(=O)NCc1ccc(F)cc1)C(=O)Nc1ccc(C(=O)OC)cc1. The normalized spacial score (nSPS) is 11.3. The van der Waals surface area contributed by atoms with Crippen molar-refractivity contribution in [2.75, 3.05) is 12.4 Å². The molecule has 0 fully saturated rings. The third-order valence-corrected chi connectivity index (χ3v) is 4.14. The molecule has 29 heavy (non-hydrogen) atoms. The maximum Gasteiger partial charge on any atom is 0.337 e. The van der Waals surface area contributed by atoms with Crippen LogP contribution in [-0.2, 0) is 16.1 Å². The molecular formula is C21H24FN3O4. The van der Waals surface area contributed by atoms with Crippen LogP contribution in [0.4, 0.5) is 14.9 Å². The Bertz CT molecular complexity index is 838. The fourth-order valence-electron chi connectivity index (χ4n) is 2.59. The zero-order valence-electron chi connectivity index (χ0n) is 16.3. The Morgan fingerprint density at radius 3 is 2.28 bits per heavy atom. The molecule has 2 rings (SSSR count). The number of hydrogen-bond donors (Lipinski definition) is 3. The Morgan fingerprint density at radius 1 is 1.03 bits per heavy atom. The minimum atomic E-state index is -0.728. The van der Waals surface area contributed by atoms with Gasteiger partial charge in [0.1, 0.15) is 11.9 Å². The Morgan fingerprint density at radius 2 is 1.69 bits per heavy atom. The van der Waals surface area contributed by atoms with E-state index < -0.39 is 18.0 Å². The van der Waals surface area contributed by atoms with E-state index in [-0.39, 0.29) is 18.3 Å². The van der Waals surface area contributed by atoms with Crippen molar-refractivity contribution in [1.82, 2.24) is 10.6 Å². The van der Waals surface area contributed by atoms with Gasteiger partial charge >= 0.3 is 12.0 Å². The molecule has 1 atom stereocenters. The molecule has 3 N–H and O–H groups in total. The summed E-state index contributed by atoms with van der Waals surface area (Å²) in [6.45, 7) is 2.12. The lowest BCUT2D eigenvalue weighted by atomic mass is 10.1. The van der Waals surface area contributed by atoms with Gasteiger partial charge in [-0.15, -0.1) is 0 Å². The second-order valence-corrected chi connectivity index (χ2v) is 6.35. The summed E-state index contributed by atoms with van der Waals surface area (Å²) in [4.78, 5) is 36.1. The van der Waals surface area contributed by atoms with Gasteiger partial charge in [-0.25, -0.2) is 14.0 Å². The summed E-state index contributed by atoms with van der Waals surface area (Å²) in [6, 6.07) is 10.8. The standard InChI is InChI=1S/C21H24FN3O4/c1-3-4-18(25-21(28)23-13-14-5-9-16(22)10-6-14)19(26)24-17-11-7-15(8-12-17)20(27)29-2/h5-12,18H,3-4,13H2,1-2H3,(H,24,26)(H2,23,25,28). The average molecular weight is 401 g/mol. The summed E-state index contributed by atoms with van der Waals surface area (Å²) >= 11 is 0. The lowest BCUT2D eigenvalue weighted by molar-refractivity contribution is -0.118. The van der Waals surface area contributed by atoms with Gasteiger partial charge in [-0.3, -0.25) is 4.79 Å². The van der Waals surface area contributed by atoms with Crippen LogP contribution in [0.2, 0.25) is 0 Å².